The topological polar surface area (TPSA) is 70.6 Å². The van der Waals surface area contributed by atoms with E-state index in [1.54, 1.807) is 7.11 Å². The molecule has 1 aromatic rings. The molecule has 1 aromatic carbocycles. The van der Waals surface area contributed by atoms with E-state index >= 15 is 0 Å². The van der Waals surface area contributed by atoms with Gasteiger partial charge in [0.25, 0.3) is 0 Å². The van der Waals surface area contributed by atoms with Crippen LogP contribution in [0.5, 0.6) is 0 Å². The number of nitrogens with one attached hydrogen (secondary N) is 2. The van der Waals surface area contributed by atoms with E-state index in [0.717, 1.165) is 12.0 Å². The Kier molecular flexibility index (Phi) is 7.35. The largest absolute Gasteiger partial charge is 0.387 e. The molecule has 0 heterocycles. The van der Waals surface area contributed by atoms with Crippen LogP contribution in [0.15, 0.2) is 24.3 Å². The SMILES string of the molecule is COCCCNC(=O)NCC(O)c1ccc(C(C)(C)C)cc1. The molecule has 0 aliphatic heterocycles. The van der Waals surface area contributed by atoms with Gasteiger partial charge in [-0.15, -0.1) is 0 Å². The first-order valence-electron chi connectivity index (χ1n) is 7.63. The second-order valence-corrected chi connectivity index (χ2v) is 6.37. The molecule has 0 saturated carbocycles. The lowest BCUT2D eigenvalue weighted by Crippen LogP contribution is -2.38. The zero-order chi connectivity index (χ0) is 16.6. The normalized spacial score (nSPS) is 12.8. The molecule has 1 unspecified atom stereocenters. The van der Waals surface area contributed by atoms with Gasteiger partial charge in [0.1, 0.15) is 0 Å². The minimum absolute atomic E-state index is 0.0871. The number of hydrogen-bond donors (Lipinski definition) is 3. The number of rotatable bonds is 7. The van der Waals surface area contributed by atoms with E-state index in [0.29, 0.717) is 13.2 Å². The number of carbonyl (C=O) groups excluding carboxylic acids is 1. The summed E-state index contributed by atoms with van der Waals surface area (Å²) in [6.45, 7) is 7.79. The molecule has 0 fully saturated rings. The van der Waals surface area contributed by atoms with Crippen LogP contribution in [0.2, 0.25) is 0 Å². The van der Waals surface area contributed by atoms with Gasteiger partial charge in [-0.2, -0.15) is 0 Å². The van der Waals surface area contributed by atoms with E-state index in [9.17, 15) is 9.90 Å². The average molecular weight is 308 g/mol. The molecule has 0 aliphatic rings. The first-order chi connectivity index (χ1) is 10.3. The highest BCUT2D eigenvalue weighted by molar-refractivity contribution is 5.73. The molecule has 22 heavy (non-hydrogen) atoms. The predicted molar refractivity (Wildman–Crippen MR) is 88.0 cm³/mol. The van der Waals surface area contributed by atoms with Gasteiger partial charge < -0.3 is 20.5 Å². The third-order valence-corrected chi connectivity index (χ3v) is 3.43. The van der Waals surface area contributed by atoms with Crippen LogP contribution < -0.4 is 10.6 Å². The summed E-state index contributed by atoms with van der Waals surface area (Å²) in [6.07, 6.45) is 0.0551. The van der Waals surface area contributed by atoms with Gasteiger partial charge in [-0.05, 0) is 23.0 Å². The fourth-order valence-corrected chi connectivity index (χ4v) is 1.99. The minimum atomic E-state index is -0.709. The molecule has 1 atom stereocenters. The van der Waals surface area contributed by atoms with Gasteiger partial charge in [0, 0.05) is 26.8 Å². The van der Waals surface area contributed by atoms with Gasteiger partial charge in [0.05, 0.1) is 6.10 Å². The van der Waals surface area contributed by atoms with Crippen LogP contribution in [-0.2, 0) is 10.2 Å². The number of hydrogen-bond acceptors (Lipinski definition) is 3. The van der Waals surface area contributed by atoms with Crippen molar-refractivity contribution in [1.82, 2.24) is 10.6 Å². The molecule has 5 nitrogen and oxygen atoms in total. The smallest absolute Gasteiger partial charge is 0.314 e. The van der Waals surface area contributed by atoms with Crippen molar-refractivity contribution < 1.29 is 14.6 Å². The van der Waals surface area contributed by atoms with Crippen molar-refractivity contribution in [1.29, 1.82) is 0 Å². The lowest BCUT2D eigenvalue weighted by molar-refractivity contribution is 0.172. The van der Waals surface area contributed by atoms with Crippen molar-refractivity contribution in [3.63, 3.8) is 0 Å². The third kappa shape index (κ3) is 6.45. The third-order valence-electron chi connectivity index (χ3n) is 3.43. The molecule has 0 bridgehead atoms. The van der Waals surface area contributed by atoms with Gasteiger partial charge in [0.15, 0.2) is 0 Å². The number of aliphatic hydroxyl groups excluding tert-OH is 1. The lowest BCUT2D eigenvalue weighted by atomic mass is 9.86. The molecule has 0 radical (unpaired) electrons. The summed E-state index contributed by atoms with van der Waals surface area (Å²) >= 11 is 0. The standard InChI is InChI=1S/C17H28N2O3/c1-17(2,3)14-8-6-13(7-9-14)15(20)12-19-16(21)18-10-5-11-22-4/h6-9,15,20H,5,10-12H2,1-4H3,(H2,18,19,21). The summed E-state index contributed by atoms with van der Waals surface area (Å²) in [6, 6.07) is 7.57. The summed E-state index contributed by atoms with van der Waals surface area (Å²) < 4.78 is 4.90. The highest BCUT2D eigenvalue weighted by atomic mass is 16.5. The number of urea groups is 1. The van der Waals surface area contributed by atoms with Crippen molar-refractivity contribution in [3.05, 3.63) is 35.4 Å². The lowest BCUT2D eigenvalue weighted by Gasteiger charge is -2.20. The van der Waals surface area contributed by atoms with Crippen LogP contribution >= 0.6 is 0 Å². The second kappa shape index (κ2) is 8.76. The van der Waals surface area contributed by atoms with Crippen LogP contribution in [0.4, 0.5) is 4.79 Å². The quantitative estimate of drug-likeness (QED) is 0.677. The Balaban J connectivity index is 2.39. The van der Waals surface area contributed by atoms with Crippen LogP contribution in [0.1, 0.15) is 44.4 Å². The van der Waals surface area contributed by atoms with E-state index in [4.69, 9.17) is 4.74 Å². The highest BCUT2D eigenvalue weighted by Gasteiger charge is 2.15. The Morgan fingerprint density at radius 3 is 2.41 bits per heavy atom. The van der Waals surface area contributed by atoms with Gasteiger partial charge in [0.2, 0.25) is 0 Å². The number of ether oxygens (including phenoxy) is 1. The Morgan fingerprint density at radius 2 is 1.86 bits per heavy atom. The van der Waals surface area contributed by atoms with Gasteiger partial charge in [-0.3, -0.25) is 0 Å². The minimum Gasteiger partial charge on any atom is -0.387 e. The molecule has 0 saturated heterocycles. The van der Waals surface area contributed by atoms with E-state index in [2.05, 4.69) is 31.4 Å². The Bertz CT molecular complexity index is 452. The molecule has 1 rings (SSSR count). The van der Waals surface area contributed by atoms with Gasteiger partial charge in [-0.25, -0.2) is 4.79 Å². The summed E-state index contributed by atoms with van der Waals surface area (Å²) in [5.41, 5.74) is 2.10. The van der Waals surface area contributed by atoms with Crippen molar-refractivity contribution in [2.24, 2.45) is 0 Å². The average Bonchev–Trinajstić information content (AvgIpc) is 2.48. The summed E-state index contributed by atoms with van der Waals surface area (Å²) in [5, 5.41) is 15.5. The summed E-state index contributed by atoms with van der Waals surface area (Å²) in [5.74, 6) is 0. The second-order valence-electron chi connectivity index (χ2n) is 6.37. The van der Waals surface area contributed by atoms with Crippen LogP contribution in [0, 0.1) is 0 Å². The maximum Gasteiger partial charge on any atom is 0.314 e. The first kappa shape index (κ1) is 18.5. The van der Waals surface area contributed by atoms with Crippen LogP contribution in [-0.4, -0.2) is 37.9 Å². The van der Waals surface area contributed by atoms with E-state index in [-0.39, 0.29) is 18.0 Å². The highest BCUT2D eigenvalue weighted by Crippen LogP contribution is 2.23. The summed E-state index contributed by atoms with van der Waals surface area (Å²) in [7, 11) is 1.63. The van der Waals surface area contributed by atoms with Gasteiger partial charge in [-0.1, -0.05) is 45.0 Å². The van der Waals surface area contributed by atoms with E-state index < -0.39 is 6.10 Å². The van der Waals surface area contributed by atoms with E-state index in [1.165, 1.54) is 5.56 Å². The van der Waals surface area contributed by atoms with Crippen molar-refractivity contribution in [3.8, 4) is 0 Å². The number of methoxy groups -OCH3 is 1. The predicted octanol–water partition coefficient (Wildman–Crippen LogP) is 2.35. The molecule has 124 valence electrons. The molecule has 5 heteroatoms. The van der Waals surface area contributed by atoms with Crippen LogP contribution in [0.3, 0.4) is 0 Å². The fraction of sp³-hybridized carbons (Fsp3) is 0.588. The zero-order valence-corrected chi connectivity index (χ0v) is 14.0. The molecular formula is C17H28N2O3. The van der Waals surface area contributed by atoms with Crippen LogP contribution in [0.25, 0.3) is 0 Å². The molecule has 0 aromatic heterocycles. The molecule has 3 N–H and O–H groups in total. The molecule has 0 aliphatic carbocycles. The number of aliphatic hydroxyl groups is 1. The van der Waals surface area contributed by atoms with Crippen molar-refractivity contribution in [2.75, 3.05) is 26.8 Å². The number of benzene rings is 1. The van der Waals surface area contributed by atoms with E-state index in [1.807, 2.05) is 24.3 Å². The molecule has 0 spiro atoms. The van der Waals surface area contributed by atoms with Crippen molar-refractivity contribution in [2.45, 2.75) is 38.7 Å². The molecular weight excluding hydrogens is 280 g/mol. The Morgan fingerprint density at radius 1 is 1.23 bits per heavy atom. The first-order valence-corrected chi connectivity index (χ1v) is 7.63. The monoisotopic (exact) mass is 308 g/mol. The maximum atomic E-state index is 11.6. The zero-order valence-electron chi connectivity index (χ0n) is 14.0. The number of carbonyl (C=O) groups is 1. The summed E-state index contributed by atoms with van der Waals surface area (Å²) in [4.78, 5) is 11.6. The number of amides is 2. The Labute approximate surface area is 133 Å². The maximum absolute atomic E-state index is 11.6. The Hall–Kier alpha value is -1.59. The van der Waals surface area contributed by atoms with Gasteiger partial charge >= 0.3 is 6.03 Å². The fourth-order valence-electron chi connectivity index (χ4n) is 1.99. The van der Waals surface area contributed by atoms with Crippen molar-refractivity contribution >= 4 is 6.03 Å². The molecule has 2 amide bonds.